The van der Waals surface area contributed by atoms with Crippen LogP contribution < -0.4 is 5.32 Å². The van der Waals surface area contributed by atoms with Gasteiger partial charge < -0.3 is 9.73 Å². The molecular formula is C17H25NO. The molecule has 104 valence electrons. The van der Waals surface area contributed by atoms with Crippen LogP contribution in [0.15, 0.2) is 28.9 Å². The first-order valence-corrected chi connectivity index (χ1v) is 7.40. The Balaban J connectivity index is 2.03. The van der Waals surface area contributed by atoms with Gasteiger partial charge in [0, 0.05) is 5.39 Å². The first kappa shape index (κ1) is 14.1. The average molecular weight is 259 g/mol. The molecule has 2 rings (SSSR count). The summed E-state index contributed by atoms with van der Waals surface area (Å²) in [5, 5.41) is 4.78. The maximum atomic E-state index is 5.63. The number of nitrogens with one attached hydrogen (secondary N) is 1. The van der Waals surface area contributed by atoms with Crippen LogP contribution in [0.4, 0.5) is 0 Å². The molecular weight excluding hydrogens is 234 g/mol. The summed E-state index contributed by atoms with van der Waals surface area (Å²) < 4.78 is 5.63. The first-order valence-electron chi connectivity index (χ1n) is 7.40. The van der Waals surface area contributed by atoms with Crippen LogP contribution in [0.2, 0.25) is 0 Å². The van der Waals surface area contributed by atoms with Gasteiger partial charge >= 0.3 is 0 Å². The van der Waals surface area contributed by atoms with Gasteiger partial charge in [-0.3, -0.25) is 0 Å². The predicted octanol–water partition coefficient (Wildman–Crippen LogP) is 4.17. The van der Waals surface area contributed by atoms with Crippen LogP contribution in [0.3, 0.4) is 0 Å². The van der Waals surface area contributed by atoms with E-state index in [1.54, 1.807) is 0 Å². The summed E-state index contributed by atoms with van der Waals surface area (Å²) in [7, 11) is 0. The summed E-state index contributed by atoms with van der Waals surface area (Å²) in [5.74, 6) is 0.706. The van der Waals surface area contributed by atoms with Gasteiger partial charge in [0.05, 0.1) is 6.26 Å². The molecule has 0 saturated carbocycles. The van der Waals surface area contributed by atoms with Gasteiger partial charge in [0.1, 0.15) is 5.58 Å². The van der Waals surface area contributed by atoms with Crippen LogP contribution in [-0.2, 0) is 12.8 Å². The van der Waals surface area contributed by atoms with E-state index in [0.717, 1.165) is 31.5 Å². The molecule has 2 heteroatoms. The lowest BCUT2D eigenvalue weighted by Crippen LogP contribution is -2.21. The van der Waals surface area contributed by atoms with Gasteiger partial charge in [0.25, 0.3) is 0 Å². The normalized spacial score (nSPS) is 11.6. The molecule has 0 aliphatic heterocycles. The van der Waals surface area contributed by atoms with E-state index in [1.165, 1.54) is 22.9 Å². The molecule has 1 N–H and O–H groups in total. The number of hydrogen-bond acceptors (Lipinski definition) is 2. The van der Waals surface area contributed by atoms with E-state index in [4.69, 9.17) is 4.42 Å². The molecule has 2 aromatic rings. The fourth-order valence-electron chi connectivity index (χ4n) is 2.38. The molecule has 0 fully saturated rings. The first-order chi connectivity index (χ1) is 9.20. The summed E-state index contributed by atoms with van der Waals surface area (Å²) in [5.41, 5.74) is 3.75. The van der Waals surface area contributed by atoms with Gasteiger partial charge in [-0.1, -0.05) is 33.3 Å². The minimum absolute atomic E-state index is 0.706. The molecule has 0 aliphatic rings. The van der Waals surface area contributed by atoms with Gasteiger partial charge in [0.15, 0.2) is 0 Å². The Morgan fingerprint density at radius 1 is 1.21 bits per heavy atom. The Hall–Kier alpha value is -1.28. The van der Waals surface area contributed by atoms with E-state index in [1.807, 2.05) is 6.26 Å². The van der Waals surface area contributed by atoms with Crippen molar-refractivity contribution < 1.29 is 4.42 Å². The molecule has 0 aliphatic carbocycles. The van der Waals surface area contributed by atoms with Crippen molar-refractivity contribution in [2.45, 2.75) is 40.0 Å². The molecule has 1 heterocycles. The van der Waals surface area contributed by atoms with E-state index < -0.39 is 0 Å². The molecule has 0 spiro atoms. The molecule has 0 saturated heterocycles. The van der Waals surface area contributed by atoms with Gasteiger partial charge in [-0.2, -0.15) is 0 Å². The van der Waals surface area contributed by atoms with Gasteiger partial charge in [-0.25, -0.2) is 0 Å². The second kappa shape index (κ2) is 6.76. The van der Waals surface area contributed by atoms with Crippen molar-refractivity contribution in [1.82, 2.24) is 5.32 Å². The Labute approximate surface area is 116 Å². The molecule has 2 nitrogen and oxygen atoms in total. The highest BCUT2D eigenvalue weighted by atomic mass is 16.3. The second-order valence-electron chi connectivity index (χ2n) is 5.69. The summed E-state index contributed by atoms with van der Waals surface area (Å²) in [6.07, 6.45) is 5.29. The summed E-state index contributed by atoms with van der Waals surface area (Å²) >= 11 is 0. The number of benzene rings is 1. The fraction of sp³-hybridized carbons (Fsp3) is 0.529. The third-order valence-electron chi connectivity index (χ3n) is 3.38. The summed E-state index contributed by atoms with van der Waals surface area (Å²) in [6, 6.07) is 6.57. The van der Waals surface area contributed by atoms with Crippen molar-refractivity contribution in [1.29, 1.82) is 0 Å². The second-order valence-corrected chi connectivity index (χ2v) is 5.69. The van der Waals surface area contributed by atoms with Gasteiger partial charge in [0.2, 0.25) is 0 Å². The average Bonchev–Trinajstić information content (AvgIpc) is 2.77. The van der Waals surface area contributed by atoms with E-state index in [2.05, 4.69) is 44.3 Å². The minimum atomic E-state index is 0.706. The third-order valence-corrected chi connectivity index (χ3v) is 3.38. The number of hydrogen-bond donors (Lipinski definition) is 1. The van der Waals surface area contributed by atoms with Gasteiger partial charge in [-0.15, -0.1) is 0 Å². The minimum Gasteiger partial charge on any atom is -0.464 e. The van der Waals surface area contributed by atoms with Crippen molar-refractivity contribution in [3.63, 3.8) is 0 Å². The smallest absolute Gasteiger partial charge is 0.134 e. The summed E-state index contributed by atoms with van der Waals surface area (Å²) in [6.45, 7) is 8.78. The van der Waals surface area contributed by atoms with Crippen molar-refractivity contribution >= 4 is 11.0 Å². The van der Waals surface area contributed by atoms with E-state index in [9.17, 15) is 0 Å². The maximum absolute atomic E-state index is 5.63. The Morgan fingerprint density at radius 2 is 2.05 bits per heavy atom. The van der Waals surface area contributed by atoms with Crippen LogP contribution in [0.25, 0.3) is 11.0 Å². The topological polar surface area (TPSA) is 25.2 Å². The van der Waals surface area contributed by atoms with Crippen molar-refractivity contribution in [2.24, 2.45) is 5.92 Å². The molecule has 19 heavy (non-hydrogen) atoms. The molecule has 0 unspecified atom stereocenters. The number of aryl methyl sites for hydroxylation is 1. The van der Waals surface area contributed by atoms with Crippen LogP contribution in [0.1, 0.15) is 38.3 Å². The fourth-order valence-corrected chi connectivity index (χ4v) is 2.38. The van der Waals surface area contributed by atoms with Crippen LogP contribution in [0.5, 0.6) is 0 Å². The Morgan fingerprint density at radius 3 is 2.79 bits per heavy atom. The van der Waals surface area contributed by atoms with Gasteiger partial charge in [-0.05, 0) is 55.1 Å². The highest BCUT2D eigenvalue weighted by Gasteiger charge is 2.06. The van der Waals surface area contributed by atoms with Crippen LogP contribution in [-0.4, -0.2) is 13.1 Å². The maximum Gasteiger partial charge on any atom is 0.134 e. The van der Waals surface area contributed by atoms with E-state index >= 15 is 0 Å². The molecule has 0 amide bonds. The van der Waals surface area contributed by atoms with Crippen molar-refractivity contribution in [3.05, 3.63) is 35.6 Å². The van der Waals surface area contributed by atoms with Crippen molar-refractivity contribution in [2.75, 3.05) is 13.1 Å². The van der Waals surface area contributed by atoms with Crippen LogP contribution >= 0.6 is 0 Å². The Kier molecular flexibility index (Phi) is 5.03. The zero-order valence-corrected chi connectivity index (χ0v) is 12.3. The highest BCUT2D eigenvalue weighted by Crippen LogP contribution is 2.23. The predicted molar refractivity (Wildman–Crippen MR) is 81.6 cm³/mol. The lowest BCUT2D eigenvalue weighted by atomic mass is 10.0. The van der Waals surface area contributed by atoms with Crippen LogP contribution in [0, 0.1) is 5.92 Å². The zero-order chi connectivity index (χ0) is 13.7. The number of furan rings is 1. The quantitative estimate of drug-likeness (QED) is 0.755. The molecule has 0 radical (unpaired) electrons. The monoisotopic (exact) mass is 259 g/mol. The summed E-state index contributed by atoms with van der Waals surface area (Å²) in [4.78, 5) is 0. The van der Waals surface area contributed by atoms with E-state index in [-0.39, 0.29) is 0 Å². The SMILES string of the molecule is CCCc1ccc2occ(CCNCC(C)C)c2c1. The number of fused-ring (bicyclic) bond motifs is 1. The standard InChI is InChI=1S/C17H25NO/c1-4-5-14-6-7-17-16(10-14)15(12-19-17)8-9-18-11-13(2)3/h6-7,10,12-13,18H,4-5,8-9,11H2,1-3H3. The molecule has 0 atom stereocenters. The molecule has 1 aromatic carbocycles. The molecule has 1 aromatic heterocycles. The van der Waals surface area contributed by atoms with Crippen molar-refractivity contribution in [3.8, 4) is 0 Å². The lowest BCUT2D eigenvalue weighted by molar-refractivity contribution is 0.552. The zero-order valence-electron chi connectivity index (χ0n) is 12.3. The number of rotatable bonds is 7. The Bertz CT molecular complexity index is 513. The highest BCUT2D eigenvalue weighted by molar-refractivity contribution is 5.81. The molecule has 0 bridgehead atoms. The van der Waals surface area contributed by atoms with E-state index in [0.29, 0.717) is 5.92 Å². The largest absolute Gasteiger partial charge is 0.464 e. The third kappa shape index (κ3) is 3.84. The lowest BCUT2D eigenvalue weighted by Gasteiger charge is -2.06.